The van der Waals surface area contributed by atoms with Crippen LogP contribution in [-0.2, 0) is 4.79 Å². The molecule has 1 N–H and O–H groups in total. The maximum absolute atomic E-state index is 12.3. The number of nitrogens with zero attached hydrogens (tertiary/aromatic N) is 1. The Kier molecular flexibility index (Phi) is 4.56. The van der Waals surface area contributed by atoms with E-state index in [9.17, 15) is 4.79 Å². The fourth-order valence-electron chi connectivity index (χ4n) is 2.85. The Labute approximate surface area is 137 Å². The number of aryl methyl sites for hydroxylation is 1. The smallest absolute Gasteiger partial charge is 0.243 e. The van der Waals surface area contributed by atoms with Gasteiger partial charge in [-0.1, -0.05) is 67.1 Å². The number of carbonyl (C=O) groups is 1. The van der Waals surface area contributed by atoms with Crippen LogP contribution in [-0.4, -0.2) is 11.6 Å². The highest BCUT2D eigenvalue weighted by Gasteiger charge is 2.43. The SMILES string of the molecule is CC/C(=N/NC(=O)[C@@H]1C[C@H]1c1ccccc1)c1ccc(C)cc1. The molecular weight excluding hydrogens is 284 g/mol. The van der Waals surface area contributed by atoms with Gasteiger partial charge in [0.25, 0.3) is 0 Å². The zero-order valence-electron chi connectivity index (χ0n) is 13.6. The van der Waals surface area contributed by atoms with Gasteiger partial charge in [-0.05, 0) is 36.8 Å². The van der Waals surface area contributed by atoms with Crippen molar-refractivity contribution in [2.75, 3.05) is 0 Å². The van der Waals surface area contributed by atoms with E-state index >= 15 is 0 Å². The van der Waals surface area contributed by atoms with Crippen LogP contribution in [0.4, 0.5) is 0 Å². The monoisotopic (exact) mass is 306 g/mol. The predicted octanol–water partition coefficient (Wildman–Crippen LogP) is 4.03. The minimum atomic E-state index is 0.0249. The molecule has 23 heavy (non-hydrogen) atoms. The number of hydrogen-bond donors (Lipinski definition) is 1. The van der Waals surface area contributed by atoms with Crippen LogP contribution in [0.1, 0.15) is 42.4 Å². The number of hydrogen-bond acceptors (Lipinski definition) is 2. The lowest BCUT2D eigenvalue weighted by Gasteiger charge is -2.06. The molecule has 3 heteroatoms. The van der Waals surface area contributed by atoms with Crippen LogP contribution >= 0.6 is 0 Å². The normalized spacial score (nSPS) is 20.2. The van der Waals surface area contributed by atoms with Gasteiger partial charge in [-0.3, -0.25) is 4.79 Å². The minimum absolute atomic E-state index is 0.0249. The molecule has 3 rings (SSSR count). The van der Waals surface area contributed by atoms with Gasteiger partial charge in [-0.25, -0.2) is 5.43 Å². The number of nitrogens with one attached hydrogen (secondary N) is 1. The summed E-state index contributed by atoms with van der Waals surface area (Å²) >= 11 is 0. The molecule has 2 aromatic carbocycles. The lowest BCUT2D eigenvalue weighted by atomic mass is 10.1. The topological polar surface area (TPSA) is 41.5 Å². The van der Waals surface area contributed by atoms with Crippen molar-refractivity contribution in [3.05, 3.63) is 71.3 Å². The fourth-order valence-corrected chi connectivity index (χ4v) is 2.85. The third kappa shape index (κ3) is 3.67. The zero-order chi connectivity index (χ0) is 16.2. The molecule has 0 radical (unpaired) electrons. The molecule has 2 aromatic rings. The van der Waals surface area contributed by atoms with Gasteiger partial charge >= 0.3 is 0 Å². The van der Waals surface area contributed by atoms with E-state index in [2.05, 4.69) is 48.6 Å². The first kappa shape index (κ1) is 15.5. The molecule has 1 aliphatic rings. The number of hydrazone groups is 1. The van der Waals surface area contributed by atoms with Crippen LogP contribution in [0.3, 0.4) is 0 Å². The van der Waals surface area contributed by atoms with E-state index in [0.29, 0.717) is 5.92 Å². The quantitative estimate of drug-likeness (QED) is 0.657. The second-order valence-corrected chi connectivity index (χ2v) is 6.11. The summed E-state index contributed by atoms with van der Waals surface area (Å²) in [5, 5.41) is 4.35. The summed E-state index contributed by atoms with van der Waals surface area (Å²) < 4.78 is 0. The Bertz CT molecular complexity index is 704. The van der Waals surface area contributed by atoms with Gasteiger partial charge < -0.3 is 0 Å². The molecule has 0 heterocycles. The summed E-state index contributed by atoms with van der Waals surface area (Å²) in [6.45, 7) is 4.11. The van der Waals surface area contributed by atoms with Crippen LogP contribution < -0.4 is 5.43 Å². The van der Waals surface area contributed by atoms with Gasteiger partial charge in [0.15, 0.2) is 0 Å². The molecule has 1 fully saturated rings. The highest BCUT2D eigenvalue weighted by molar-refractivity contribution is 6.01. The van der Waals surface area contributed by atoms with Crippen molar-refractivity contribution in [3.63, 3.8) is 0 Å². The van der Waals surface area contributed by atoms with E-state index in [1.54, 1.807) is 0 Å². The van der Waals surface area contributed by atoms with Gasteiger partial charge in [-0.15, -0.1) is 0 Å². The predicted molar refractivity (Wildman–Crippen MR) is 93.4 cm³/mol. The minimum Gasteiger partial charge on any atom is -0.273 e. The molecule has 1 aliphatic carbocycles. The number of carbonyl (C=O) groups excluding carboxylic acids is 1. The zero-order valence-corrected chi connectivity index (χ0v) is 13.6. The molecule has 3 nitrogen and oxygen atoms in total. The standard InChI is InChI=1S/C20H22N2O/c1-3-19(16-11-9-14(2)10-12-16)21-22-20(23)18-13-17(18)15-7-5-4-6-8-15/h4-12,17-18H,3,13H2,1-2H3,(H,22,23)/b21-19-/t17-,18+/m0/s1. The van der Waals surface area contributed by atoms with Crippen LogP contribution in [0.15, 0.2) is 59.7 Å². The number of amides is 1. The van der Waals surface area contributed by atoms with Gasteiger partial charge in [0.1, 0.15) is 0 Å². The average molecular weight is 306 g/mol. The second-order valence-electron chi connectivity index (χ2n) is 6.11. The molecule has 1 amide bonds. The van der Waals surface area contributed by atoms with Crippen molar-refractivity contribution in [1.82, 2.24) is 5.43 Å². The van der Waals surface area contributed by atoms with Gasteiger partial charge in [-0.2, -0.15) is 5.10 Å². The van der Waals surface area contributed by atoms with Crippen molar-refractivity contribution in [2.45, 2.75) is 32.6 Å². The molecule has 2 atom stereocenters. The van der Waals surface area contributed by atoms with Crippen molar-refractivity contribution < 1.29 is 4.79 Å². The van der Waals surface area contributed by atoms with Gasteiger partial charge in [0, 0.05) is 5.92 Å². The van der Waals surface area contributed by atoms with E-state index < -0.39 is 0 Å². The summed E-state index contributed by atoms with van der Waals surface area (Å²) in [6, 6.07) is 18.4. The highest BCUT2D eigenvalue weighted by atomic mass is 16.2. The summed E-state index contributed by atoms with van der Waals surface area (Å²) in [5.74, 6) is 0.421. The summed E-state index contributed by atoms with van der Waals surface area (Å²) in [6.07, 6.45) is 1.70. The van der Waals surface area contributed by atoms with Crippen molar-refractivity contribution >= 4 is 11.6 Å². The number of benzene rings is 2. The lowest BCUT2D eigenvalue weighted by Crippen LogP contribution is -2.22. The van der Waals surface area contributed by atoms with Crippen molar-refractivity contribution in [2.24, 2.45) is 11.0 Å². The van der Waals surface area contributed by atoms with E-state index in [1.807, 2.05) is 30.3 Å². The van der Waals surface area contributed by atoms with Gasteiger partial charge in [0.05, 0.1) is 5.71 Å². The van der Waals surface area contributed by atoms with E-state index in [-0.39, 0.29) is 11.8 Å². The Morgan fingerprint density at radius 3 is 2.48 bits per heavy atom. The first-order valence-electron chi connectivity index (χ1n) is 8.17. The third-order valence-corrected chi connectivity index (χ3v) is 4.38. The molecule has 1 saturated carbocycles. The van der Waals surface area contributed by atoms with E-state index in [4.69, 9.17) is 0 Å². The Morgan fingerprint density at radius 1 is 1.13 bits per heavy atom. The Balaban J connectivity index is 1.63. The highest BCUT2D eigenvalue weighted by Crippen LogP contribution is 2.47. The first-order chi connectivity index (χ1) is 11.2. The number of rotatable bonds is 5. The fraction of sp³-hybridized carbons (Fsp3) is 0.300. The van der Waals surface area contributed by atoms with Crippen molar-refractivity contribution in [3.8, 4) is 0 Å². The maximum Gasteiger partial charge on any atom is 0.243 e. The molecule has 0 aromatic heterocycles. The Morgan fingerprint density at radius 2 is 1.83 bits per heavy atom. The average Bonchev–Trinajstić information content (AvgIpc) is 3.38. The first-order valence-corrected chi connectivity index (χ1v) is 8.17. The molecule has 0 unspecified atom stereocenters. The summed E-state index contributed by atoms with van der Waals surface area (Å²) in [7, 11) is 0. The van der Waals surface area contributed by atoms with Crippen LogP contribution in [0.5, 0.6) is 0 Å². The molecule has 0 aliphatic heterocycles. The summed E-state index contributed by atoms with van der Waals surface area (Å²) in [4.78, 5) is 12.3. The van der Waals surface area contributed by atoms with E-state index in [1.165, 1.54) is 11.1 Å². The largest absolute Gasteiger partial charge is 0.273 e. The summed E-state index contributed by atoms with van der Waals surface area (Å²) in [5.41, 5.74) is 7.19. The van der Waals surface area contributed by atoms with Crippen LogP contribution in [0.2, 0.25) is 0 Å². The molecule has 0 spiro atoms. The maximum atomic E-state index is 12.3. The third-order valence-electron chi connectivity index (χ3n) is 4.38. The Hall–Kier alpha value is -2.42. The van der Waals surface area contributed by atoms with E-state index in [0.717, 1.165) is 24.1 Å². The van der Waals surface area contributed by atoms with Crippen molar-refractivity contribution in [1.29, 1.82) is 0 Å². The molecule has 0 bridgehead atoms. The molecular formula is C20H22N2O. The van der Waals surface area contributed by atoms with Gasteiger partial charge in [0.2, 0.25) is 5.91 Å². The lowest BCUT2D eigenvalue weighted by molar-refractivity contribution is -0.122. The van der Waals surface area contributed by atoms with Crippen LogP contribution in [0.25, 0.3) is 0 Å². The van der Waals surface area contributed by atoms with Crippen LogP contribution in [0, 0.1) is 12.8 Å². The molecule has 118 valence electrons. The molecule has 0 saturated heterocycles. The second kappa shape index (κ2) is 6.78.